The first kappa shape index (κ1) is 20.4. The predicted molar refractivity (Wildman–Crippen MR) is 113 cm³/mol. The van der Waals surface area contributed by atoms with Crippen LogP contribution in [0.2, 0.25) is 5.02 Å². The van der Waals surface area contributed by atoms with Gasteiger partial charge in [-0.05, 0) is 42.0 Å². The number of halogens is 3. The highest BCUT2D eigenvalue weighted by Gasteiger charge is 2.22. The Labute approximate surface area is 172 Å². The lowest BCUT2D eigenvalue weighted by molar-refractivity contribution is 0.249. The van der Waals surface area contributed by atoms with E-state index in [1.54, 1.807) is 6.07 Å². The van der Waals surface area contributed by atoms with E-state index >= 15 is 0 Å². The van der Waals surface area contributed by atoms with Crippen LogP contribution in [0.15, 0.2) is 41.5 Å². The Kier molecular flexibility index (Phi) is 6.77. The zero-order valence-electron chi connectivity index (χ0n) is 15.0. The molecule has 0 bridgehead atoms. The van der Waals surface area contributed by atoms with E-state index in [0.29, 0.717) is 18.1 Å². The van der Waals surface area contributed by atoms with Crippen molar-refractivity contribution >= 4 is 40.8 Å². The Morgan fingerprint density at radius 2 is 1.79 bits per heavy atom. The summed E-state index contributed by atoms with van der Waals surface area (Å²) in [7, 11) is 0. The van der Waals surface area contributed by atoms with Gasteiger partial charge in [0.2, 0.25) is 0 Å². The molecule has 1 saturated heterocycles. The van der Waals surface area contributed by atoms with Crippen molar-refractivity contribution in [3.8, 4) is 0 Å². The fourth-order valence-corrected chi connectivity index (χ4v) is 3.24. The highest BCUT2D eigenvalue weighted by Crippen LogP contribution is 2.25. The average Bonchev–Trinajstić information content (AvgIpc) is 2.68. The molecule has 3 rings (SSSR count). The number of hydrazone groups is 1. The predicted octanol–water partition coefficient (Wildman–Crippen LogP) is 3.11. The number of hydrogen-bond donors (Lipinski definition) is 2. The van der Waals surface area contributed by atoms with Crippen molar-refractivity contribution in [2.75, 3.05) is 31.1 Å². The number of anilines is 1. The second kappa shape index (κ2) is 9.27. The third-order valence-corrected chi connectivity index (χ3v) is 4.85. The smallest absolute Gasteiger partial charge is 0.184 e. The van der Waals surface area contributed by atoms with Crippen LogP contribution >= 0.6 is 23.8 Å². The maximum absolute atomic E-state index is 14.5. The van der Waals surface area contributed by atoms with Crippen LogP contribution in [0.4, 0.5) is 14.5 Å². The van der Waals surface area contributed by atoms with E-state index in [9.17, 15) is 8.78 Å². The van der Waals surface area contributed by atoms with Crippen molar-refractivity contribution in [1.29, 1.82) is 0 Å². The molecule has 1 fully saturated rings. The van der Waals surface area contributed by atoms with E-state index in [1.807, 2.05) is 29.2 Å². The number of rotatable bonds is 5. The topological polar surface area (TPSA) is 56.9 Å². The quantitative estimate of drug-likeness (QED) is 0.439. The third kappa shape index (κ3) is 5.15. The number of nitrogens with one attached hydrogen (secondary N) is 1. The van der Waals surface area contributed by atoms with E-state index in [4.69, 9.17) is 17.3 Å². The number of piperazine rings is 1. The highest BCUT2D eigenvalue weighted by molar-refractivity contribution is 7.80. The lowest BCUT2D eigenvalue weighted by atomic mass is 10.1. The Morgan fingerprint density at radius 3 is 2.43 bits per heavy atom. The standard InChI is InChI=1S/C19H20ClF2N5S/c20-15-4-1-13(2-5-15)12-26-7-9-27(10-8-26)16-6-3-14(17(21)18(16)22)11-24-25-19(23)28/h1-6,11H,7-10,12H2,(H3,23,25,28)/b24-11+. The van der Waals surface area contributed by atoms with Gasteiger partial charge >= 0.3 is 0 Å². The van der Waals surface area contributed by atoms with Gasteiger partial charge in [0.1, 0.15) is 0 Å². The molecule has 9 heteroatoms. The molecule has 1 aliphatic heterocycles. The molecule has 0 saturated carbocycles. The monoisotopic (exact) mass is 423 g/mol. The van der Waals surface area contributed by atoms with Crippen LogP contribution in [0.1, 0.15) is 11.1 Å². The minimum absolute atomic E-state index is 0.0198. The lowest BCUT2D eigenvalue weighted by Crippen LogP contribution is -2.46. The lowest BCUT2D eigenvalue weighted by Gasteiger charge is -2.36. The Bertz CT molecular complexity index is 867. The Morgan fingerprint density at radius 1 is 1.11 bits per heavy atom. The molecule has 0 radical (unpaired) electrons. The van der Waals surface area contributed by atoms with Crippen LogP contribution in [0.5, 0.6) is 0 Å². The van der Waals surface area contributed by atoms with Crippen LogP contribution in [0.25, 0.3) is 0 Å². The summed E-state index contributed by atoms with van der Waals surface area (Å²) >= 11 is 10.5. The van der Waals surface area contributed by atoms with Gasteiger partial charge in [-0.3, -0.25) is 10.3 Å². The molecule has 0 spiro atoms. The molecule has 2 aromatic rings. The maximum Gasteiger partial charge on any atom is 0.184 e. The van der Waals surface area contributed by atoms with Crippen LogP contribution < -0.4 is 16.1 Å². The van der Waals surface area contributed by atoms with Crippen LogP contribution in [-0.4, -0.2) is 42.4 Å². The minimum Gasteiger partial charge on any atom is -0.375 e. The fraction of sp³-hybridized carbons (Fsp3) is 0.263. The molecule has 1 heterocycles. The summed E-state index contributed by atoms with van der Waals surface area (Å²) < 4.78 is 28.9. The van der Waals surface area contributed by atoms with E-state index in [1.165, 1.54) is 11.6 Å². The molecule has 3 N–H and O–H groups in total. The first-order valence-electron chi connectivity index (χ1n) is 8.72. The summed E-state index contributed by atoms with van der Waals surface area (Å²) in [5.41, 5.74) is 8.99. The molecule has 0 unspecified atom stereocenters. The van der Waals surface area contributed by atoms with Gasteiger partial charge < -0.3 is 10.6 Å². The number of hydrogen-bond acceptors (Lipinski definition) is 4. The van der Waals surface area contributed by atoms with Crippen molar-refractivity contribution in [2.45, 2.75) is 6.54 Å². The van der Waals surface area contributed by atoms with E-state index in [0.717, 1.165) is 25.8 Å². The molecule has 0 aliphatic carbocycles. The van der Waals surface area contributed by atoms with Crippen LogP contribution in [-0.2, 0) is 6.54 Å². The fourth-order valence-electron chi connectivity index (χ4n) is 3.06. The molecule has 5 nitrogen and oxygen atoms in total. The molecule has 2 aromatic carbocycles. The van der Waals surface area contributed by atoms with Crippen molar-refractivity contribution < 1.29 is 8.78 Å². The normalized spacial score (nSPS) is 15.2. The SMILES string of the molecule is NC(=S)N/N=C/c1ccc(N2CCN(Cc3ccc(Cl)cc3)CC2)c(F)c1F. The van der Waals surface area contributed by atoms with Crippen LogP contribution in [0.3, 0.4) is 0 Å². The molecule has 28 heavy (non-hydrogen) atoms. The van der Waals surface area contributed by atoms with Crippen molar-refractivity contribution in [1.82, 2.24) is 10.3 Å². The van der Waals surface area contributed by atoms with E-state index < -0.39 is 11.6 Å². The third-order valence-electron chi connectivity index (χ3n) is 4.50. The maximum atomic E-state index is 14.5. The van der Waals surface area contributed by atoms with Gasteiger partial charge in [-0.15, -0.1) is 0 Å². The summed E-state index contributed by atoms with van der Waals surface area (Å²) in [5.74, 6) is -1.83. The molecule has 1 aliphatic rings. The minimum atomic E-state index is -0.949. The van der Waals surface area contributed by atoms with Gasteiger partial charge in [-0.1, -0.05) is 23.7 Å². The first-order chi connectivity index (χ1) is 13.4. The molecule has 0 atom stereocenters. The van der Waals surface area contributed by atoms with Gasteiger partial charge in [0.05, 0.1) is 11.9 Å². The molecular formula is C19H20ClF2N5S. The Hall–Kier alpha value is -2.29. The second-order valence-electron chi connectivity index (χ2n) is 6.43. The van der Waals surface area contributed by atoms with Gasteiger partial charge in [0.15, 0.2) is 16.7 Å². The van der Waals surface area contributed by atoms with Crippen molar-refractivity contribution in [3.05, 3.63) is 64.2 Å². The first-order valence-corrected chi connectivity index (χ1v) is 9.51. The van der Waals surface area contributed by atoms with Gasteiger partial charge in [-0.2, -0.15) is 5.10 Å². The number of nitrogens with two attached hydrogens (primary N) is 1. The highest BCUT2D eigenvalue weighted by atomic mass is 35.5. The van der Waals surface area contributed by atoms with E-state index in [2.05, 4.69) is 27.6 Å². The average molecular weight is 424 g/mol. The van der Waals surface area contributed by atoms with Crippen LogP contribution in [0, 0.1) is 11.6 Å². The van der Waals surface area contributed by atoms with Gasteiger partial charge in [-0.25, -0.2) is 8.78 Å². The van der Waals surface area contributed by atoms with Gasteiger partial charge in [0, 0.05) is 43.3 Å². The number of nitrogens with zero attached hydrogens (tertiary/aromatic N) is 3. The van der Waals surface area contributed by atoms with Crippen molar-refractivity contribution in [2.24, 2.45) is 10.8 Å². The van der Waals surface area contributed by atoms with Crippen molar-refractivity contribution in [3.63, 3.8) is 0 Å². The van der Waals surface area contributed by atoms with Gasteiger partial charge in [0.25, 0.3) is 0 Å². The summed E-state index contributed by atoms with van der Waals surface area (Å²) in [5, 5.41) is 4.32. The van der Waals surface area contributed by atoms with E-state index in [-0.39, 0.29) is 16.4 Å². The zero-order valence-corrected chi connectivity index (χ0v) is 16.6. The largest absolute Gasteiger partial charge is 0.375 e. The second-order valence-corrected chi connectivity index (χ2v) is 7.30. The summed E-state index contributed by atoms with van der Waals surface area (Å²) in [6.07, 6.45) is 1.14. The molecule has 148 valence electrons. The summed E-state index contributed by atoms with van der Waals surface area (Å²) in [4.78, 5) is 4.13. The summed E-state index contributed by atoms with van der Waals surface area (Å²) in [6.45, 7) is 3.53. The molecule has 0 amide bonds. The molecule has 0 aromatic heterocycles. The number of thiocarbonyl (C=S) groups is 1. The number of benzene rings is 2. The Balaban J connectivity index is 1.62. The zero-order chi connectivity index (χ0) is 20.1. The molecular weight excluding hydrogens is 404 g/mol. The summed E-state index contributed by atoms with van der Waals surface area (Å²) in [6, 6.07) is 10.8.